The second kappa shape index (κ2) is 13.5. The van der Waals surface area contributed by atoms with Crippen LogP contribution in [-0.2, 0) is 4.52 Å². The van der Waals surface area contributed by atoms with Crippen LogP contribution in [0.3, 0.4) is 0 Å². The van der Waals surface area contributed by atoms with Crippen LogP contribution < -0.4 is 18.1 Å². The second-order valence-electron chi connectivity index (χ2n) is 11.0. The fourth-order valence-corrected chi connectivity index (χ4v) is 7.55. The minimum absolute atomic E-state index is 0.122. The maximum atomic E-state index is 14.4. The van der Waals surface area contributed by atoms with Gasteiger partial charge in [0.25, 0.3) is 8.38 Å². The number of allylic oxidation sites excluding steroid dienone is 2. The molecule has 9 heteroatoms. The molecule has 0 heterocycles. The average molecular weight is 673 g/mol. The van der Waals surface area contributed by atoms with Crippen LogP contribution in [-0.4, -0.2) is 18.2 Å². The molecule has 0 saturated carbocycles. The largest absolute Gasteiger partial charge is 0.529 e. The number of ketones is 2. The average Bonchev–Trinajstić information content (AvgIpc) is 3.10. The van der Waals surface area contributed by atoms with Gasteiger partial charge in [0.15, 0.2) is 5.78 Å². The molecule has 48 heavy (non-hydrogen) atoms. The van der Waals surface area contributed by atoms with E-state index in [0.29, 0.717) is 17.3 Å². The van der Waals surface area contributed by atoms with Crippen LogP contribution in [0.5, 0.6) is 23.0 Å². The van der Waals surface area contributed by atoms with E-state index in [1.165, 1.54) is 0 Å². The summed E-state index contributed by atoms with van der Waals surface area (Å²) in [6.07, 6.45) is 1.80. The summed E-state index contributed by atoms with van der Waals surface area (Å²) in [6, 6.07) is 37.3. The van der Waals surface area contributed by atoms with E-state index in [-0.39, 0.29) is 39.5 Å². The Morgan fingerprint density at radius 2 is 0.979 bits per heavy atom. The molecular formula is C39H30O7P2. The van der Waals surface area contributed by atoms with Crippen molar-refractivity contribution in [1.82, 2.24) is 0 Å². The number of hydrogen-bond acceptors (Lipinski definition) is 7. The van der Waals surface area contributed by atoms with Gasteiger partial charge in [0, 0.05) is 28.6 Å². The van der Waals surface area contributed by atoms with E-state index in [0.717, 1.165) is 21.5 Å². The Morgan fingerprint density at radius 1 is 0.542 bits per heavy atom. The van der Waals surface area contributed by atoms with Gasteiger partial charge >= 0.3 is 8.60 Å². The molecule has 238 valence electrons. The number of carbonyl (C=O) groups excluding carboxylic acids is 2. The van der Waals surface area contributed by atoms with E-state index < -0.39 is 22.8 Å². The highest BCUT2D eigenvalue weighted by Gasteiger charge is 2.36. The predicted molar refractivity (Wildman–Crippen MR) is 190 cm³/mol. The van der Waals surface area contributed by atoms with Gasteiger partial charge in [-0.05, 0) is 55.0 Å². The summed E-state index contributed by atoms with van der Waals surface area (Å²) >= 11 is 0. The third-order valence-electron chi connectivity index (χ3n) is 7.92. The lowest BCUT2D eigenvalue weighted by atomic mass is 9.83. The highest BCUT2D eigenvalue weighted by atomic mass is 31.2. The highest BCUT2D eigenvalue weighted by Crippen LogP contribution is 2.49. The molecule has 7 rings (SSSR count). The zero-order chi connectivity index (χ0) is 33.2. The topological polar surface area (TPSA) is 80.3 Å². The fourth-order valence-electron chi connectivity index (χ4n) is 5.56. The molecule has 0 radical (unpaired) electrons. The van der Waals surface area contributed by atoms with Crippen LogP contribution in [0.25, 0.3) is 21.5 Å². The van der Waals surface area contributed by atoms with Crippen LogP contribution in [0.4, 0.5) is 0 Å². The summed E-state index contributed by atoms with van der Waals surface area (Å²) in [5.74, 6) is 1.54. The van der Waals surface area contributed by atoms with E-state index >= 15 is 0 Å². The lowest BCUT2D eigenvalue weighted by Gasteiger charge is -2.25. The normalized spacial score (nSPS) is 13.8. The zero-order valence-electron chi connectivity index (χ0n) is 26.4. The summed E-state index contributed by atoms with van der Waals surface area (Å²) < 4.78 is 31.3. The van der Waals surface area contributed by atoms with Gasteiger partial charge in [-0.3, -0.25) is 9.59 Å². The Balaban J connectivity index is 1.21. The minimum atomic E-state index is -2.09. The van der Waals surface area contributed by atoms with Crippen molar-refractivity contribution in [3.05, 3.63) is 155 Å². The Bertz CT molecular complexity index is 2220. The molecule has 7 nitrogen and oxygen atoms in total. The lowest BCUT2D eigenvalue weighted by Crippen LogP contribution is -2.22. The molecule has 6 aromatic rings. The minimum Gasteiger partial charge on any atom is -0.438 e. The second-order valence-corrected chi connectivity index (χ2v) is 13.2. The quantitative estimate of drug-likeness (QED) is 0.106. The molecule has 6 aromatic carbocycles. The maximum absolute atomic E-state index is 14.4. The number of rotatable bonds is 10. The molecule has 0 aliphatic heterocycles. The van der Waals surface area contributed by atoms with E-state index in [1.807, 2.05) is 98.5 Å². The first-order valence-corrected chi connectivity index (χ1v) is 18.0. The Hall–Kier alpha value is -5.22. The van der Waals surface area contributed by atoms with Gasteiger partial charge in [-0.15, -0.1) is 0 Å². The van der Waals surface area contributed by atoms with Gasteiger partial charge in [-0.25, -0.2) is 0 Å². The molecule has 0 spiro atoms. The van der Waals surface area contributed by atoms with Crippen molar-refractivity contribution < 1.29 is 32.2 Å². The van der Waals surface area contributed by atoms with E-state index in [9.17, 15) is 9.59 Å². The van der Waals surface area contributed by atoms with Crippen molar-refractivity contribution >= 4 is 50.1 Å². The van der Waals surface area contributed by atoms with E-state index in [1.54, 1.807) is 49.4 Å². The summed E-state index contributed by atoms with van der Waals surface area (Å²) in [4.78, 5) is 28.2. The molecule has 0 amide bonds. The first-order valence-electron chi connectivity index (χ1n) is 15.3. The maximum Gasteiger partial charge on any atom is 0.529 e. The summed E-state index contributed by atoms with van der Waals surface area (Å²) in [6.45, 7) is 5.45. The van der Waals surface area contributed by atoms with Gasteiger partial charge in [-0.2, -0.15) is 0 Å². The van der Waals surface area contributed by atoms with Crippen LogP contribution in [0.15, 0.2) is 133 Å². The third kappa shape index (κ3) is 6.11. The van der Waals surface area contributed by atoms with Crippen LogP contribution >= 0.6 is 17.0 Å². The summed E-state index contributed by atoms with van der Waals surface area (Å²) in [5.41, 5.74) is 0.769. The first-order chi connectivity index (χ1) is 23.4. The SMILES string of the molecule is C/C=C(\C)OP(Oc1cccc2c1C(=O)c1c(OP(C)Oc3cccc4ccccc34)cccc1C2=O)Oc1cccc2ccccc12. The molecule has 1 aliphatic carbocycles. The van der Waals surface area contributed by atoms with Crippen molar-refractivity contribution in [2.24, 2.45) is 0 Å². The van der Waals surface area contributed by atoms with Crippen molar-refractivity contribution in [3.8, 4) is 23.0 Å². The monoisotopic (exact) mass is 672 g/mol. The Kier molecular flexibility index (Phi) is 8.82. The molecule has 0 fully saturated rings. The van der Waals surface area contributed by atoms with Gasteiger partial charge < -0.3 is 22.6 Å². The smallest absolute Gasteiger partial charge is 0.438 e. The number of hydrogen-bond donors (Lipinski definition) is 0. The van der Waals surface area contributed by atoms with Crippen molar-refractivity contribution in [2.75, 3.05) is 6.66 Å². The molecule has 0 saturated heterocycles. The van der Waals surface area contributed by atoms with E-state index in [4.69, 9.17) is 22.6 Å². The highest BCUT2D eigenvalue weighted by molar-refractivity contribution is 7.47. The molecule has 0 aromatic heterocycles. The number of carbonyl (C=O) groups is 2. The van der Waals surface area contributed by atoms with Crippen molar-refractivity contribution in [1.29, 1.82) is 0 Å². The number of benzene rings is 6. The molecular weight excluding hydrogens is 642 g/mol. The zero-order valence-corrected chi connectivity index (χ0v) is 28.2. The predicted octanol–water partition coefficient (Wildman–Crippen LogP) is 10.8. The summed E-state index contributed by atoms with van der Waals surface area (Å²) in [5, 5.41) is 3.87. The van der Waals surface area contributed by atoms with Crippen molar-refractivity contribution in [3.63, 3.8) is 0 Å². The summed E-state index contributed by atoms with van der Waals surface area (Å²) in [7, 11) is -3.63. The Labute approximate surface area is 280 Å². The molecule has 2 unspecified atom stereocenters. The van der Waals surface area contributed by atoms with Gasteiger partial charge in [-0.1, -0.05) is 97.1 Å². The standard InChI is InChI=1S/C39H30O7P2/c1-4-25(2)42-48(45-33-22-10-16-27-14-6-8-18-29(27)33)46-35-24-12-20-31-37(35)39(41)36-30(38(31)40)19-11-23-34(36)44-47(3)43-32-21-9-15-26-13-5-7-17-28(26)32/h4-24H,1-3H3/b25-4+. The first kappa shape index (κ1) is 31.4. The lowest BCUT2D eigenvalue weighted by molar-refractivity contribution is 0.0976. The van der Waals surface area contributed by atoms with Gasteiger partial charge in [0.2, 0.25) is 5.78 Å². The molecule has 0 N–H and O–H groups in total. The Morgan fingerprint density at radius 3 is 1.56 bits per heavy atom. The van der Waals surface area contributed by atoms with Gasteiger partial charge in [0.05, 0.1) is 11.1 Å². The fraction of sp³-hybridized carbons (Fsp3) is 0.0769. The number of fused-ring (bicyclic) bond motifs is 4. The van der Waals surface area contributed by atoms with Gasteiger partial charge in [0.1, 0.15) is 28.8 Å². The molecule has 1 aliphatic rings. The van der Waals surface area contributed by atoms with E-state index in [2.05, 4.69) is 0 Å². The third-order valence-corrected chi connectivity index (χ3v) is 9.96. The molecule has 0 bridgehead atoms. The van der Waals surface area contributed by atoms with Crippen LogP contribution in [0.2, 0.25) is 0 Å². The van der Waals surface area contributed by atoms with Crippen LogP contribution in [0, 0.1) is 0 Å². The van der Waals surface area contributed by atoms with Crippen LogP contribution in [0.1, 0.15) is 45.7 Å². The molecule has 2 atom stereocenters. The van der Waals surface area contributed by atoms with Crippen molar-refractivity contribution in [2.45, 2.75) is 13.8 Å².